The topological polar surface area (TPSA) is 90.5 Å². The van der Waals surface area contributed by atoms with Gasteiger partial charge < -0.3 is 20.9 Å². The molecule has 0 radical (unpaired) electrons. The van der Waals surface area contributed by atoms with E-state index < -0.39 is 0 Å². The summed E-state index contributed by atoms with van der Waals surface area (Å²) in [5.41, 5.74) is 1.34. The maximum atomic E-state index is 12.1. The van der Waals surface area contributed by atoms with Crippen LogP contribution < -0.4 is 16.0 Å². The van der Waals surface area contributed by atoms with E-state index in [1.54, 1.807) is 45.3 Å². The van der Waals surface area contributed by atoms with Crippen molar-refractivity contribution in [1.29, 1.82) is 0 Å². The Hall–Kier alpha value is -2.57. The molecule has 1 aromatic rings. The number of hydrogen-bond donors (Lipinski definition) is 3. The molecule has 7 heteroatoms. The molecule has 1 fully saturated rings. The van der Waals surface area contributed by atoms with Crippen molar-refractivity contribution in [1.82, 2.24) is 10.2 Å². The Morgan fingerprint density at radius 1 is 1.12 bits per heavy atom. The van der Waals surface area contributed by atoms with Gasteiger partial charge in [0.1, 0.15) is 0 Å². The maximum Gasteiger partial charge on any atom is 0.321 e. The van der Waals surface area contributed by atoms with E-state index >= 15 is 0 Å². The molecule has 2 rings (SSSR count). The number of anilines is 2. The van der Waals surface area contributed by atoms with Gasteiger partial charge in [-0.25, -0.2) is 4.79 Å². The largest absolute Gasteiger partial charge is 0.359 e. The molecule has 0 spiro atoms. The highest BCUT2D eigenvalue weighted by Gasteiger charge is 2.29. The van der Waals surface area contributed by atoms with Gasteiger partial charge in [0, 0.05) is 37.9 Å². The van der Waals surface area contributed by atoms with Gasteiger partial charge >= 0.3 is 6.03 Å². The average molecular weight is 332 g/mol. The molecular formula is C17H24N4O3. The number of carbonyl (C=O) groups excluding carboxylic acids is 3. The number of rotatable bonds is 6. The Labute approximate surface area is 141 Å². The summed E-state index contributed by atoms with van der Waals surface area (Å²) in [6.07, 6.45) is 1.92. The van der Waals surface area contributed by atoms with Gasteiger partial charge in [0.15, 0.2) is 0 Å². The highest BCUT2D eigenvalue weighted by molar-refractivity contribution is 5.94. The van der Waals surface area contributed by atoms with Crippen molar-refractivity contribution in [2.45, 2.75) is 19.8 Å². The third kappa shape index (κ3) is 4.97. The molecule has 1 aliphatic carbocycles. The molecular weight excluding hydrogens is 308 g/mol. The van der Waals surface area contributed by atoms with E-state index in [-0.39, 0.29) is 29.7 Å². The first-order valence-electron chi connectivity index (χ1n) is 8.05. The molecule has 7 nitrogen and oxygen atoms in total. The van der Waals surface area contributed by atoms with Crippen LogP contribution in [0.5, 0.6) is 0 Å². The molecule has 0 aliphatic heterocycles. The standard InChI is InChI=1S/C17H24N4O3/c1-11(15(22)18-2)10-21(3)17(24)20-14-8-6-13(7-9-14)19-16(23)12-4-5-12/h6-9,11-12H,4-5,10H2,1-3H3,(H,18,22)(H,19,23)(H,20,24)/t11-/m1/s1. The smallest absolute Gasteiger partial charge is 0.321 e. The van der Waals surface area contributed by atoms with Crippen LogP contribution in [-0.4, -0.2) is 43.4 Å². The monoisotopic (exact) mass is 332 g/mol. The van der Waals surface area contributed by atoms with Gasteiger partial charge in [-0.2, -0.15) is 0 Å². The summed E-state index contributed by atoms with van der Waals surface area (Å²) in [6.45, 7) is 2.08. The summed E-state index contributed by atoms with van der Waals surface area (Å²) >= 11 is 0. The third-order valence-corrected chi connectivity index (χ3v) is 3.94. The van der Waals surface area contributed by atoms with Gasteiger partial charge in [0.2, 0.25) is 11.8 Å². The lowest BCUT2D eigenvalue weighted by Crippen LogP contribution is -2.39. The molecule has 4 amide bonds. The summed E-state index contributed by atoms with van der Waals surface area (Å²) < 4.78 is 0. The Balaban J connectivity index is 1.84. The van der Waals surface area contributed by atoms with Crippen molar-refractivity contribution >= 4 is 29.2 Å². The minimum absolute atomic E-state index is 0.0507. The van der Waals surface area contributed by atoms with Gasteiger partial charge in [0.25, 0.3) is 0 Å². The first-order valence-corrected chi connectivity index (χ1v) is 8.05. The SMILES string of the molecule is CNC(=O)[C@H](C)CN(C)C(=O)Nc1ccc(NC(=O)C2CC2)cc1. The number of urea groups is 1. The number of amides is 4. The van der Waals surface area contributed by atoms with E-state index in [9.17, 15) is 14.4 Å². The van der Waals surface area contributed by atoms with Crippen LogP contribution >= 0.6 is 0 Å². The summed E-state index contributed by atoms with van der Waals surface area (Å²) in [7, 11) is 3.21. The molecule has 0 aromatic heterocycles. The molecule has 24 heavy (non-hydrogen) atoms. The predicted molar refractivity (Wildman–Crippen MR) is 92.7 cm³/mol. The lowest BCUT2D eigenvalue weighted by atomic mass is 10.1. The Bertz CT molecular complexity index is 611. The van der Waals surface area contributed by atoms with Gasteiger partial charge in [-0.1, -0.05) is 6.92 Å². The second kappa shape index (κ2) is 7.81. The highest BCUT2D eigenvalue weighted by atomic mass is 16.2. The molecule has 0 saturated heterocycles. The van der Waals surface area contributed by atoms with Crippen LogP contribution in [0.3, 0.4) is 0 Å². The van der Waals surface area contributed by atoms with Crippen molar-refractivity contribution in [3.05, 3.63) is 24.3 Å². The number of nitrogens with one attached hydrogen (secondary N) is 3. The second-order valence-corrected chi connectivity index (χ2v) is 6.17. The Morgan fingerprint density at radius 2 is 1.67 bits per heavy atom. The lowest BCUT2D eigenvalue weighted by molar-refractivity contribution is -0.124. The van der Waals surface area contributed by atoms with Crippen LogP contribution in [0.1, 0.15) is 19.8 Å². The minimum atomic E-state index is -0.291. The van der Waals surface area contributed by atoms with Crippen LogP contribution in [0.25, 0.3) is 0 Å². The minimum Gasteiger partial charge on any atom is -0.359 e. The molecule has 3 N–H and O–H groups in total. The van der Waals surface area contributed by atoms with Crippen molar-refractivity contribution < 1.29 is 14.4 Å². The Morgan fingerprint density at radius 3 is 2.17 bits per heavy atom. The molecule has 0 bridgehead atoms. The van der Waals surface area contributed by atoms with Crippen molar-refractivity contribution in [2.75, 3.05) is 31.3 Å². The molecule has 0 heterocycles. The van der Waals surface area contributed by atoms with Crippen molar-refractivity contribution in [3.8, 4) is 0 Å². The fourth-order valence-corrected chi connectivity index (χ4v) is 2.27. The zero-order valence-electron chi connectivity index (χ0n) is 14.3. The van der Waals surface area contributed by atoms with E-state index in [1.165, 1.54) is 4.90 Å². The third-order valence-electron chi connectivity index (χ3n) is 3.94. The second-order valence-electron chi connectivity index (χ2n) is 6.17. The summed E-state index contributed by atoms with van der Waals surface area (Å²) in [5, 5.41) is 8.17. The highest BCUT2D eigenvalue weighted by Crippen LogP contribution is 2.30. The number of carbonyl (C=O) groups is 3. The van der Waals surface area contributed by atoms with Crippen LogP contribution in [0.15, 0.2) is 24.3 Å². The quantitative estimate of drug-likeness (QED) is 0.743. The van der Waals surface area contributed by atoms with Gasteiger partial charge in [-0.3, -0.25) is 9.59 Å². The van der Waals surface area contributed by atoms with Gasteiger partial charge in [0.05, 0.1) is 5.92 Å². The van der Waals surface area contributed by atoms with Crippen LogP contribution in [-0.2, 0) is 9.59 Å². The fourth-order valence-electron chi connectivity index (χ4n) is 2.27. The maximum absolute atomic E-state index is 12.1. The van der Waals surface area contributed by atoms with Crippen LogP contribution in [0.4, 0.5) is 16.2 Å². The zero-order valence-corrected chi connectivity index (χ0v) is 14.3. The Kier molecular flexibility index (Phi) is 5.78. The molecule has 130 valence electrons. The van der Waals surface area contributed by atoms with Crippen molar-refractivity contribution in [2.24, 2.45) is 11.8 Å². The van der Waals surface area contributed by atoms with E-state index in [1.807, 2.05) is 0 Å². The molecule has 1 aromatic carbocycles. The van der Waals surface area contributed by atoms with E-state index in [0.717, 1.165) is 12.8 Å². The number of nitrogens with zero attached hydrogens (tertiary/aromatic N) is 1. The van der Waals surface area contributed by atoms with Crippen molar-refractivity contribution in [3.63, 3.8) is 0 Å². The van der Waals surface area contributed by atoms with E-state index in [2.05, 4.69) is 16.0 Å². The first kappa shape index (κ1) is 17.8. The molecule has 1 aliphatic rings. The average Bonchev–Trinajstić information content (AvgIpc) is 3.40. The predicted octanol–water partition coefficient (Wildman–Crippen LogP) is 1.88. The fraction of sp³-hybridized carbons (Fsp3) is 0.471. The van der Waals surface area contributed by atoms with Crippen LogP contribution in [0.2, 0.25) is 0 Å². The number of hydrogen-bond acceptors (Lipinski definition) is 3. The lowest BCUT2D eigenvalue weighted by Gasteiger charge is -2.21. The van der Waals surface area contributed by atoms with E-state index in [4.69, 9.17) is 0 Å². The summed E-state index contributed by atoms with van der Waals surface area (Å²) in [4.78, 5) is 36.8. The van der Waals surface area contributed by atoms with Crippen LogP contribution in [0, 0.1) is 11.8 Å². The molecule has 1 saturated carbocycles. The molecule has 1 atom stereocenters. The van der Waals surface area contributed by atoms with Gasteiger partial charge in [-0.05, 0) is 37.1 Å². The summed E-state index contributed by atoms with van der Waals surface area (Å²) in [5.74, 6) is -0.189. The number of benzene rings is 1. The van der Waals surface area contributed by atoms with Gasteiger partial charge in [-0.15, -0.1) is 0 Å². The zero-order chi connectivity index (χ0) is 17.7. The summed E-state index contributed by atoms with van der Waals surface area (Å²) in [6, 6.07) is 6.68. The first-order chi connectivity index (χ1) is 11.4. The van der Waals surface area contributed by atoms with E-state index in [0.29, 0.717) is 17.9 Å². The molecule has 0 unspecified atom stereocenters. The normalized spacial score (nSPS) is 14.5.